The van der Waals surface area contributed by atoms with Crippen LogP contribution in [0.2, 0.25) is 5.02 Å². The fourth-order valence-corrected chi connectivity index (χ4v) is 5.13. The standard InChI is InChI=1S/C21H28ClN3O2.ClH/c22-16-9-7-14(8-10-16)21(27)25-18-6-2-1-4-15(18)12-19(25)20(26)24-17-5-3-11-23-13-17;/h7-10,15,17-19,23H,1-6,11-13H2,(H,24,26);1H/t15?,17-,18?,19?;/m0./s1. The summed E-state index contributed by atoms with van der Waals surface area (Å²) < 4.78 is 0. The van der Waals surface area contributed by atoms with E-state index in [9.17, 15) is 9.59 Å². The lowest BCUT2D eigenvalue weighted by molar-refractivity contribution is -0.126. The quantitative estimate of drug-likeness (QED) is 0.779. The molecule has 3 unspecified atom stereocenters. The second-order valence-electron chi connectivity index (χ2n) is 8.13. The minimum atomic E-state index is -0.358. The summed E-state index contributed by atoms with van der Waals surface area (Å²) in [5.41, 5.74) is 0.614. The Hall–Kier alpha value is -1.30. The lowest BCUT2D eigenvalue weighted by Crippen LogP contribution is -2.54. The Labute approximate surface area is 178 Å². The lowest BCUT2D eigenvalue weighted by atomic mass is 9.84. The Balaban J connectivity index is 0.00000225. The number of rotatable bonds is 3. The Morgan fingerprint density at radius 2 is 1.82 bits per heavy atom. The van der Waals surface area contributed by atoms with E-state index in [0.29, 0.717) is 16.5 Å². The van der Waals surface area contributed by atoms with E-state index in [4.69, 9.17) is 11.6 Å². The molecule has 154 valence electrons. The molecule has 4 atom stereocenters. The number of fused-ring (bicyclic) bond motifs is 1. The number of carbonyl (C=O) groups is 2. The molecule has 2 N–H and O–H groups in total. The number of nitrogens with zero attached hydrogens (tertiary/aromatic N) is 1. The fourth-order valence-electron chi connectivity index (χ4n) is 5.00. The van der Waals surface area contributed by atoms with Gasteiger partial charge in [-0.15, -0.1) is 12.4 Å². The monoisotopic (exact) mass is 425 g/mol. The molecule has 1 aliphatic carbocycles. The summed E-state index contributed by atoms with van der Waals surface area (Å²) in [4.78, 5) is 28.3. The Morgan fingerprint density at radius 1 is 1.07 bits per heavy atom. The highest BCUT2D eigenvalue weighted by atomic mass is 35.5. The van der Waals surface area contributed by atoms with Crippen molar-refractivity contribution in [3.63, 3.8) is 0 Å². The molecule has 1 aromatic rings. The van der Waals surface area contributed by atoms with Crippen LogP contribution in [0.3, 0.4) is 0 Å². The van der Waals surface area contributed by atoms with E-state index in [0.717, 1.165) is 51.6 Å². The first-order valence-electron chi connectivity index (χ1n) is 10.2. The van der Waals surface area contributed by atoms with Crippen molar-refractivity contribution >= 4 is 35.8 Å². The molecule has 5 nitrogen and oxygen atoms in total. The van der Waals surface area contributed by atoms with Gasteiger partial charge in [-0.3, -0.25) is 9.59 Å². The molecule has 2 saturated heterocycles. The third kappa shape index (κ3) is 4.47. The van der Waals surface area contributed by atoms with Crippen LogP contribution in [-0.2, 0) is 4.79 Å². The molecule has 0 radical (unpaired) electrons. The molecule has 2 aliphatic heterocycles. The maximum Gasteiger partial charge on any atom is 0.254 e. The zero-order valence-corrected chi connectivity index (χ0v) is 17.6. The number of amides is 2. The molecule has 1 aromatic carbocycles. The largest absolute Gasteiger partial charge is 0.350 e. The van der Waals surface area contributed by atoms with Crippen molar-refractivity contribution in [2.45, 2.75) is 63.1 Å². The van der Waals surface area contributed by atoms with Crippen LogP contribution >= 0.6 is 24.0 Å². The Morgan fingerprint density at radius 3 is 2.54 bits per heavy atom. The van der Waals surface area contributed by atoms with Crippen LogP contribution in [0.4, 0.5) is 0 Å². The fraction of sp³-hybridized carbons (Fsp3) is 0.619. The predicted molar refractivity (Wildman–Crippen MR) is 113 cm³/mol. The lowest BCUT2D eigenvalue weighted by Gasteiger charge is -2.34. The SMILES string of the molecule is Cl.O=C(N[C@H]1CCCNC1)C1CC2CCCCC2N1C(=O)c1ccc(Cl)cc1. The molecule has 2 heterocycles. The summed E-state index contributed by atoms with van der Waals surface area (Å²) in [7, 11) is 0. The average molecular weight is 426 g/mol. The van der Waals surface area contributed by atoms with Gasteiger partial charge in [-0.05, 0) is 68.8 Å². The molecule has 2 amide bonds. The number of piperidine rings is 1. The smallest absolute Gasteiger partial charge is 0.254 e. The maximum absolute atomic E-state index is 13.3. The van der Waals surface area contributed by atoms with Gasteiger partial charge in [0.2, 0.25) is 5.91 Å². The van der Waals surface area contributed by atoms with Gasteiger partial charge in [-0.1, -0.05) is 24.4 Å². The van der Waals surface area contributed by atoms with E-state index >= 15 is 0 Å². The van der Waals surface area contributed by atoms with E-state index in [1.54, 1.807) is 24.3 Å². The number of benzene rings is 1. The van der Waals surface area contributed by atoms with E-state index in [1.807, 2.05) is 4.90 Å². The van der Waals surface area contributed by atoms with Gasteiger partial charge in [0.25, 0.3) is 5.91 Å². The van der Waals surface area contributed by atoms with Crippen molar-refractivity contribution in [1.29, 1.82) is 0 Å². The molecule has 28 heavy (non-hydrogen) atoms. The third-order valence-corrected chi connectivity index (χ3v) is 6.61. The van der Waals surface area contributed by atoms with Gasteiger partial charge in [-0.25, -0.2) is 0 Å². The predicted octanol–water partition coefficient (Wildman–Crippen LogP) is 3.40. The second-order valence-corrected chi connectivity index (χ2v) is 8.57. The molecular weight excluding hydrogens is 397 g/mol. The molecule has 7 heteroatoms. The molecule has 0 spiro atoms. The summed E-state index contributed by atoms with van der Waals surface area (Å²) in [6, 6.07) is 7.01. The van der Waals surface area contributed by atoms with Crippen molar-refractivity contribution in [1.82, 2.24) is 15.5 Å². The van der Waals surface area contributed by atoms with Gasteiger partial charge in [0.05, 0.1) is 0 Å². The number of hydrogen-bond acceptors (Lipinski definition) is 3. The van der Waals surface area contributed by atoms with Crippen molar-refractivity contribution in [2.75, 3.05) is 13.1 Å². The Kier molecular flexibility index (Phi) is 7.24. The Bertz CT molecular complexity index is 691. The summed E-state index contributed by atoms with van der Waals surface area (Å²) in [6.45, 7) is 1.83. The molecule has 1 saturated carbocycles. The van der Waals surface area contributed by atoms with Crippen molar-refractivity contribution in [3.05, 3.63) is 34.9 Å². The van der Waals surface area contributed by atoms with Crippen LogP contribution in [0.25, 0.3) is 0 Å². The molecule has 0 bridgehead atoms. The van der Waals surface area contributed by atoms with Crippen molar-refractivity contribution in [3.8, 4) is 0 Å². The van der Waals surface area contributed by atoms with Gasteiger partial charge in [-0.2, -0.15) is 0 Å². The van der Waals surface area contributed by atoms with Gasteiger partial charge < -0.3 is 15.5 Å². The van der Waals surface area contributed by atoms with E-state index < -0.39 is 0 Å². The van der Waals surface area contributed by atoms with Crippen LogP contribution in [-0.4, -0.2) is 47.9 Å². The van der Waals surface area contributed by atoms with E-state index in [1.165, 1.54) is 6.42 Å². The van der Waals surface area contributed by atoms with Gasteiger partial charge in [0, 0.05) is 29.2 Å². The zero-order valence-electron chi connectivity index (χ0n) is 16.0. The molecule has 3 fully saturated rings. The van der Waals surface area contributed by atoms with Crippen LogP contribution in [0, 0.1) is 5.92 Å². The number of hydrogen-bond donors (Lipinski definition) is 2. The molecule has 0 aromatic heterocycles. The number of likely N-dealkylation sites (tertiary alicyclic amines) is 1. The van der Waals surface area contributed by atoms with Crippen LogP contribution < -0.4 is 10.6 Å². The highest BCUT2D eigenvalue weighted by Gasteiger charge is 2.47. The first-order valence-corrected chi connectivity index (χ1v) is 10.6. The van der Waals surface area contributed by atoms with Gasteiger partial charge in [0.15, 0.2) is 0 Å². The normalized spacial score (nSPS) is 29.5. The number of nitrogens with one attached hydrogen (secondary N) is 2. The van der Waals surface area contributed by atoms with Crippen molar-refractivity contribution < 1.29 is 9.59 Å². The first-order chi connectivity index (χ1) is 13.1. The zero-order chi connectivity index (χ0) is 18.8. The third-order valence-electron chi connectivity index (χ3n) is 6.36. The van der Waals surface area contributed by atoms with Crippen molar-refractivity contribution in [2.24, 2.45) is 5.92 Å². The van der Waals surface area contributed by atoms with Gasteiger partial charge in [0.1, 0.15) is 6.04 Å². The summed E-state index contributed by atoms with van der Waals surface area (Å²) in [6.07, 6.45) is 7.31. The number of halogens is 2. The topological polar surface area (TPSA) is 61.4 Å². The summed E-state index contributed by atoms with van der Waals surface area (Å²) in [5.74, 6) is 0.415. The van der Waals surface area contributed by atoms with E-state index in [-0.39, 0.29) is 42.3 Å². The minimum absolute atomic E-state index is 0. The highest BCUT2D eigenvalue weighted by Crippen LogP contribution is 2.40. The highest BCUT2D eigenvalue weighted by molar-refractivity contribution is 6.30. The minimum Gasteiger partial charge on any atom is -0.350 e. The van der Waals surface area contributed by atoms with Gasteiger partial charge >= 0.3 is 0 Å². The molecular formula is C21H29Cl2N3O2. The van der Waals surface area contributed by atoms with E-state index in [2.05, 4.69) is 10.6 Å². The maximum atomic E-state index is 13.3. The molecule has 4 rings (SSSR count). The summed E-state index contributed by atoms with van der Waals surface area (Å²) >= 11 is 5.98. The molecule has 3 aliphatic rings. The van der Waals surface area contributed by atoms with Crippen LogP contribution in [0.1, 0.15) is 55.3 Å². The second kappa shape index (κ2) is 9.47. The summed E-state index contributed by atoms with van der Waals surface area (Å²) in [5, 5.41) is 7.15. The number of carbonyl (C=O) groups excluding carboxylic acids is 2. The van der Waals surface area contributed by atoms with Crippen LogP contribution in [0.5, 0.6) is 0 Å². The van der Waals surface area contributed by atoms with Crippen LogP contribution in [0.15, 0.2) is 24.3 Å². The average Bonchev–Trinajstić information content (AvgIpc) is 3.08. The first kappa shape index (κ1) is 21.4.